The van der Waals surface area contributed by atoms with E-state index in [9.17, 15) is 18.0 Å². The third kappa shape index (κ3) is 3.97. The predicted octanol–water partition coefficient (Wildman–Crippen LogP) is 5.31. The zero-order valence-electron chi connectivity index (χ0n) is 12.6. The summed E-state index contributed by atoms with van der Waals surface area (Å²) < 4.78 is 42.9. The number of benzene rings is 1. The van der Waals surface area contributed by atoms with Crippen LogP contribution in [0.3, 0.4) is 0 Å². The number of pyridine rings is 1. The largest absolute Gasteiger partial charge is 0.444 e. The lowest BCUT2D eigenvalue weighted by Crippen LogP contribution is -2.13. The second-order valence-corrected chi connectivity index (χ2v) is 5.89. The Bertz CT molecular complexity index is 956. The molecule has 0 spiro atoms. The van der Waals surface area contributed by atoms with Crippen molar-refractivity contribution in [3.63, 3.8) is 0 Å². The Kier molecular flexibility index (Phi) is 4.88. The van der Waals surface area contributed by atoms with E-state index in [2.05, 4.69) is 15.3 Å². The number of nitrogens with zero attached hydrogens (tertiary/aromatic N) is 2. The molecular weight excluding hydrogens is 394 g/mol. The van der Waals surface area contributed by atoms with E-state index in [1.54, 1.807) is 0 Å². The van der Waals surface area contributed by atoms with Crippen LogP contribution in [0.25, 0.3) is 11.5 Å². The fourth-order valence-corrected chi connectivity index (χ4v) is 2.42. The molecule has 1 N–H and O–H groups in total. The van der Waals surface area contributed by atoms with E-state index in [0.29, 0.717) is 10.6 Å². The van der Waals surface area contributed by atoms with Crippen LogP contribution in [-0.2, 0) is 6.18 Å². The van der Waals surface area contributed by atoms with E-state index in [4.69, 9.17) is 27.6 Å². The molecular formula is C16H8Cl2F3N3O2. The van der Waals surface area contributed by atoms with Gasteiger partial charge in [-0.25, -0.2) is 9.97 Å². The van der Waals surface area contributed by atoms with Gasteiger partial charge < -0.3 is 9.73 Å². The number of carbonyl (C=O) groups excluding carboxylic acids is 1. The van der Waals surface area contributed by atoms with Crippen LogP contribution in [0.5, 0.6) is 0 Å². The summed E-state index contributed by atoms with van der Waals surface area (Å²) in [7, 11) is 0. The number of hydrogen-bond acceptors (Lipinski definition) is 4. The molecule has 3 rings (SSSR count). The fourth-order valence-electron chi connectivity index (χ4n) is 1.99. The number of carbonyl (C=O) groups is 1. The van der Waals surface area contributed by atoms with E-state index < -0.39 is 17.6 Å². The number of anilines is 1. The molecule has 0 fully saturated rings. The molecule has 5 nitrogen and oxygen atoms in total. The molecule has 2 aromatic heterocycles. The van der Waals surface area contributed by atoms with Crippen molar-refractivity contribution in [2.45, 2.75) is 6.18 Å². The van der Waals surface area contributed by atoms with Gasteiger partial charge in [-0.2, -0.15) is 13.2 Å². The third-order valence-corrected chi connectivity index (χ3v) is 3.73. The molecule has 0 aliphatic heterocycles. The number of amides is 1. The van der Waals surface area contributed by atoms with Crippen molar-refractivity contribution >= 4 is 34.9 Å². The van der Waals surface area contributed by atoms with Gasteiger partial charge in [-0.15, -0.1) is 0 Å². The van der Waals surface area contributed by atoms with Gasteiger partial charge >= 0.3 is 6.18 Å². The number of aromatic nitrogens is 2. The van der Waals surface area contributed by atoms with Gasteiger partial charge in [0.25, 0.3) is 5.91 Å². The van der Waals surface area contributed by atoms with Crippen molar-refractivity contribution < 1.29 is 22.4 Å². The molecule has 26 heavy (non-hydrogen) atoms. The Hall–Kier alpha value is -2.58. The first-order valence-corrected chi connectivity index (χ1v) is 7.75. The molecule has 0 atom stereocenters. The number of alkyl halides is 3. The Morgan fingerprint density at radius 3 is 2.46 bits per heavy atom. The SMILES string of the molecule is O=C(Nc1ncc(Cl)cc1Cl)c1coc(-c2ccc(C(F)(F)F)cc2)n1. The summed E-state index contributed by atoms with van der Waals surface area (Å²) in [5.74, 6) is -0.567. The highest BCUT2D eigenvalue weighted by Crippen LogP contribution is 2.31. The highest BCUT2D eigenvalue weighted by Gasteiger charge is 2.30. The van der Waals surface area contributed by atoms with Crippen LogP contribution in [0.1, 0.15) is 16.1 Å². The van der Waals surface area contributed by atoms with Gasteiger partial charge in [0.15, 0.2) is 11.5 Å². The minimum atomic E-state index is -4.44. The van der Waals surface area contributed by atoms with Gasteiger partial charge in [-0.05, 0) is 30.3 Å². The van der Waals surface area contributed by atoms with Crippen LogP contribution >= 0.6 is 23.2 Å². The molecule has 3 aromatic rings. The third-order valence-electron chi connectivity index (χ3n) is 3.24. The molecule has 0 saturated carbocycles. The number of nitrogens with one attached hydrogen (secondary N) is 1. The number of halogens is 5. The lowest BCUT2D eigenvalue weighted by molar-refractivity contribution is -0.137. The Labute approximate surface area is 154 Å². The monoisotopic (exact) mass is 401 g/mol. The summed E-state index contributed by atoms with van der Waals surface area (Å²) in [4.78, 5) is 20.0. The van der Waals surface area contributed by atoms with Crippen LogP contribution in [0.2, 0.25) is 10.0 Å². The summed E-state index contributed by atoms with van der Waals surface area (Å²) in [6, 6.07) is 5.61. The lowest BCUT2D eigenvalue weighted by atomic mass is 10.1. The smallest absolute Gasteiger partial charge is 0.416 e. The minimum absolute atomic E-state index is 0.000892. The maximum atomic E-state index is 12.6. The van der Waals surface area contributed by atoms with Crippen molar-refractivity contribution in [2.24, 2.45) is 0 Å². The topological polar surface area (TPSA) is 68.0 Å². The second-order valence-electron chi connectivity index (χ2n) is 5.05. The zero-order valence-corrected chi connectivity index (χ0v) is 14.2. The molecule has 134 valence electrons. The quantitative estimate of drug-likeness (QED) is 0.645. The van der Waals surface area contributed by atoms with Crippen molar-refractivity contribution in [3.05, 3.63) is 64.1 Å². The highest BCUT2D eigenvalue weighted by molar-refractivity contribution is 6.36. The normalized spacial score (nSPS) is 11.4. The molecule has 0 radical (unpaired) electrons. The van der Waals surface area contributed by atoms with Crippen LogP contribution < -0.4 is 5.32 Å². The molecule has 2 heterocycles. The van der Waals surface area contributed by atoms with Crippen molar-refractivity contribution in [2.75, 3.05) is 5.32 Å². The average Bonchev–Trinajstić information content (AvgIpc) is 3.07. The van der Waals surface area contributed by atoms with Gasteiger partial charge in [-0.1, -0.05) is 23.2 Å². The summed E-state index contributed by atoms with van der Waals surface area (Å²) in [5.41, 5.74) is -0.596. The number of oxazole rings is 1. The molecule has 0 aliphatic carbocycles. The van der Waals surface area contributed by atoms with Gasteiger partial charge in [-0.3, -0.25) is 4.79 Å². The first kappa shape index (κ1) is 18.2. The summed E-state index contributed by atoms with van der Waals surface area (Å²) >= 11 is 11.6. The minimum Gasteiger partial charge on any atom is -0.444 e. The van der Waals surface area contributed by atoms with E-state index in [0.717, 1.165) is 18.4 Å². The van der Waals surface area contributed by atoms with E-state index in [-0.39, 0.29) is 22.4 Å². The lowest BCUT2D eigenvalue weighted by Gasteiger charge is -2.06. The van der Waals surface area contributed by atoms with Crippen molar-refractivity contribution in [3.8, 4) is 11.5 Å². The molecule has 10 heteroatoms. The molecule has 1 aromatic carbocycles. The zero-order chi connectivity index (χ0) is 18.9. The molecule has 1 amide bonds. The maximum absolute atomic E-state index is 12.6. The van der Waals surface area contributed by atoms with Crippen LogP contribution in [0, 0.1) is 0 Å². The Morgan fingerprint density at radius 2 is 1.85 bits per heavy atom. The molecule has 0 saturated heterocycles. The first-order valence-electron chi connectivity index (χ1n) is 6.99. The summed E-state index contributed by atoms with van der Waals surface area (Å²) in [5, 5.41) is 2.88. The van der Waals surface area contributed by atoms with Gasteiger partial charge in [0.1, 0.15) is 6.26 Å². The van der Waals surface area contributed by atoms with Crippen molar-refractivity contribution in [1.29, 1.82) is 0 Å². The summed E-state index contributed by atoms with van der Waals surface area (Å²) in [6.45, 7) is 0. The Morgan fingerprint density at radius 1 is 1.15 bits per heavy atom. The maximum Gasteiger partial charge on any atom is 0.416 e. The van der Waals surface area contributed by atoms with E-state index >= 15 is 0 Å². The average molecular weight is 402 g/mol. The number of hydrogen-bond donors (Lipinski definition) is 1. The van der Waals surface area contributed by atoms with Crippen LogP contribution in [0.4, 0.5) is 19.0 Å². The molecule has 0 bridgehead atoms. The van der Waals surface area contributed by atoms with Crippen LogP contribution in [0.15, 0.2) is 47.2 Å². The van der Waals surface area contributed by atoms with Crippen LogP contribution in [-0.4, -0.2) is 15.9 Å². The first-order chi connectivity index (χ1) is 12.2. The summed E-state index contributed by atoms with van der Waals surface area (Å²) in [6.07, 6.45) is -2.06. The Balaban J connectivity index is 1.77. The standard InChI is InChI=1S/C16H8Cl2F3N3O2/c17-10-5-11(18)13(22-6-10)24-14(25)12-7-26-15(23-12)8-1-3-9(4-2-8)16(19,20)21/h1-7H,(H,22,24,25). The van der Waals surface area contributed by atoms with Gasteiger partial charge in [0, 0.05) is 11.8 Å². The highest BCUT2D eigenvalue weighted by atomic mass is 35.5. The molecule has 0 aliphatic rings. The van der Waals surface area contributed by atoms with E-state index in [1.807, 2.05) is 0 Å². The molecule has 0 unspecified atom stereocenters. The fraction of sp³-hybridized carbons (Fsp3) is 0.0625. The van der Waals surface area contributed by atoms with E-state index in [1.165, 1.54) is 24.4 Å². The number of rotatable bonds is 3. The predicted molar refractivity (Wildman–Crippen MR) is 89.2 cm³/mol. The van der Waals surface area contributed by atoms with Gasteiger partial charge in [0.05, 0.1) is 15.6 Å². The van der Waals surface area contributed by atoms with Gasteiger partial charge in [0.2, 0.25) is 5.89 Å². The second kappa shape index (κ2) is 6.97. The van der Waals surface area contributed by atoms with Crippen molar-refractivity contribution in [1.82, 2.24) is 9.97 Å².